The first-order valence-electron chi connectivity index (χ1n) is 7.32. The van der Waals surface area contributed by atoms with Crippen molar-refractivity contribution in [1.29, 1.82) is 0 Å². The Morgan fingerprint density at radius 1 is 1.10 bits per heavy atom. The molecular weight excluding hydrogens is 282 g/mol. The average molecular weight is 304 g/mol. The van der Waals surface area contributed by atoms with Gasteiger partial charge in [0.05, 0.1) is 12.3 Å². The molecule has 0 saturated carbocycles. The summed E-state index contributed by atoms with van der Waals surface area (Å²) in [6.45, 7) is 7.80. The van der Waals surface area contributed by atoms with Crippen molar-refractivity contribution in [2.75, 3.05) is 11.9 Å². The Morgan fingerprint density at radius 2 is 1.90 bits per heavy atom. The highest BCUT2D eigenvalue weighted by Crippen LogP contribution is 2.29. The molecule has 3 heteroatoms. The number of anilines is 1. The molecule has 0 heterocycles. The van der Waals surface area contributed by atoms with Gasteiger partial charge < -0.3 is 10.1 Å². The van der Waals surface area contributed by atoms with Gasteiger partial charge in [-0.05, 0) is 49.6 Å². The van der Waals surface area contributed by atoms with Gasteiger partial charge in [0, 0.05) is 11.6 Å². The lowest BCUT2D eigenvalue weighted by Crippen LogP contribution is -2.05. The Hall–Kier alpha value is -1.67. The molecule has 0 amide bonds. The maximum Gasteiger partial charge on any atom is 0.142 e. The van der Waals surface area contributed by atoms with Crippen molar-refractivity contribution in [1.82, 2.24) is 0 Å². The van der Waals surface area contributed by atoms with Crippen LogP contribution in [0.2, 0.25) is 5.02 Å². The number of ether oxygens (including phenoxy) is 1. The molecule has 2 nitrogen and oxygen atoms in total. The Kier molecular flexibility index (Phi) is 5.51. The lowest BCUT2D eigenvalue weighted by atomic mass is 10.1. The van der Waals surface area contributed by atoms with E-state index < -0.39 is 0 Å². The van der Waals surface area contributed by atoms with Crippen molar-refractivity contribution in [2.45, 2.75) is 33.7 Å². The summed E-state index contributed by atoms with van der Waals surface area (Å²) in [6.07, 6.45) is 0.985. The third-order valence-electron chi connectivity index (χ3n) is 3.38. The van der Waals surface area contributed by atoms with Crippen molar-refractivity contribution in [2.24, 2.45) is 0 Å². The molecule has 0 aliphatic rings. The maximum absolute atomic E-state index is 6.09. The van der Waals surface area contributed by atoms with E-state index in [4.69, 9.17) is 16.3 Å². The molecule has 0 spiro atoms. The van der Waals surface area contributed by atoms with Crippen LogP contribution in [0.1, 0.15) is 30.0 Å². The first-order valence-corrected chi connectivity index (χ1v) is 7.70. The van der Waals surface area contributed by atoms with Crippen LogP contribution in [0.3, 0.4) is 0 Å². The molecule has 21 heavy (non-hydrogen) atoms. The van der Waals surface area contributed by atoms with E-state index in [1.165, 1.54) is 16.7 Å². The molecule has 0 bridgehead atoms. The van der Waals surface area contributed by atoms with Gasteiger partial charge in [0.1, 0.15) is 5.75 Å². The van der Waals surface area contributed by atoms with Gasteiger partial charge in [0.2, 0.25) is 0 Å². The molecule has 1 N–H and O–H groups in total. The van der Waals surface area contributed by atoms with Crippen LogP contribution in [0.25, 0.3) is 0 Å². The van der Waals surface area contributed by atoms with Crippen molar-refractivity contribution in [3.63, 3.8) is 0 Å². The Morgan fingerprint density at radius 3 is 2.67 bits per heavy atom. The Balaban J connectivity index is 2.14. The lowest BCUT2D eigenvalue weighted by molar-refractivity contribution is 0.319. The lowest BCUT2D eigenvalue weighted by Gasteiger charge is -2.14. The molecule has 0 fully saturated rings. The average Bonchev–Trinajstić information content (AvgIpc) is 2.47. The number of nitrogens with one attached hydrogen (secondary N) is 1. The van der Waals surface area contributed by atoms with Crippen LogP contribution in [0.5, 0.6) is 5.75 Å². The van der Waals surface area contributed by atoms with E-state index in [1.807, 2.05) is 18.2 Å². The van der Waals surface area contributed by atoms with Gasteiger partial charge in [-0.2, -0.15) is 0 Å². The van der Waals surface area contributed by atoms with Crippen molar-refractivity contribution >= 4 is 17.3 Å². The molecule has 2 aromatic carbocycles. The van der Waals surface area contributed by atoms with Crippen molar-refractivity contribution < 1.29 is 4.74 Å². The molecular formula is C18H22ClNO. The number of benzene rings is 2. The third-order valence-corrected chi connectivity index (χ3v) is 3.61. The van der Waals surface area contributed by atoms with E-state index >= 15 is 0 Å². The largest absolute Gasteiger partial charge is 0.491 e. The van der Waals surface area contributed by atoms with Gasteiger partial charge in [0.25, 0.3) is 0 Å². The van der Waals surface area contributed by atoms with E-state index in [0.717, 1.165) is 24.4 Å². The van der Waals surface area contributed by atoms with E-state index in [9.17, 15) is 0 Å². The van der Waals surface area contributed by atoms with Gasteiger partial charge >= 0.3 is 0 Å². The summed E-state index contributed by atoms with van der Waals surface area (Å²) in [4.78, 5) is 0. The van der Waals surface area contributed by atoms with Gasteiger partial charge in [-0.3, -0.25) is 0 Å². The second-order valence-electron chi connectivity index (χ2n) is 5.27. The van der Waals surface area contributed by atoms with Crippen LogP contribution in [0.15, 0.2) is 36.4 Å². The second-order valence-corrected chi connectivity index (χ2v) is 5.71. The fourth-order valence-electron chi connectivity index (χ4n) is 2.16. The first-order chi connectivity index (χ1) is 10.1. The number of halogens is 1. The fraction of sp³-hybridized carbons (Fsp3) is 0.333. The molecule has 0 saturated heterocycles. The molecule has 2 rings (SSSR count). The summed E-state index contributed by atoms with van der Waals surface area (Å²) in [5.74, 6) is 0.853. The Bertz CT molecular complexity index is 610. The highest BCUT2D eigenvalue weighted by atomic mass is 35.5. The first kappa shape index (κ1) is 15.7. The molecule has 112 valence electrons. The minimum absolute atomic E-state index is 0.708. The number of rotatable bonds is 6. The van der Waals surface area contributed by atoms with Gasteiger partial charge in [0.15, 0.2) is 0 Å². The monoisotopic (exact) mass is 303 g/mol. The zero-order valence-corrected chi connectivity index (χ0v) is 13.6. The van der Waals surface area contributed by atoms with Gasteiger partial charge in [-0.1, -0.05) is 42.3 Å². The van der Waals surface area contributed by atoms with Crippen LogP contribution in [0.4, 0.5) is 5.69 Å². The summed E-state index contributed by atoms with van der Waals surface area (Å²) in [7, 11) is 0. The van der Waals surface area contributed by atoms with Crippen molar-refractivity contribution in [3.05, 3.63) is 58.1 Å². The normalized spacial score (nSPS) is 10.5. The quantitative estimate of drug-likeness (QED) is 0.776. The zero-order valence-electron chi connectivity index (χ0n) is 12.9. The molecule has 2 aromatic rings. The number of hydrogen-bond acceptors (Lipinski definition) is 2. The summed E-state index contributed by atoms with van der Waals surface area (Å²) < 4.78 is 5.76. The van der Waals surface area contributed by atoms with Crippen LogP contribution in [0, 0.1) is 13.8 Å². The van der Waals surface area contributed by atoms with E-state index in [1.54, 1.807) is 0 Å². The molecule has 0 radical (unpaired) electrons. The Labute approximate surface area is 132 Å². The minimum Gasteiger partial charge on any atom is -0.491 e. The molecule has 0 aliphatic heterocycles. The number of hydrogen-bond donors (Lipinski definition) is 1. The topological polar surface area (TPSA) is 21.3 Å². The standard InChI is InChI=1S/C18H22ClNO/c1-4-9-21-18-8-7-16(19)11-17(18)20-12-15-10-13(2)5-6-14(15)3/h5-8,10-11,20H,4,9,12H2,1-3H3. The van der Waals surface area contributed by atoms with Crippen LogP contribution in [-0.2, 0) is 6.54 Å². The molecule has 0 aromatic heterocycles. The van der Waals surface area contributed by atoms with Crippen LogP contribution < -0.4 is 10.1 Å². The minimum atomic E-state index is 0.708. The second kappa shape index (κ2) is 7.37. The maximum atomic E-state index is 6.09. The van der Waals surface area contributed by atoms with E-state index in [-0.39, 0.29) is 0 Å². The molecule has 0 atom stereocenters. The van der Waals surface area contributed by atoms with Crippen LogP contribution >= 0.6 is 11.6 Å². The SMILES string of the molecule is CCCOc1ccc(Cl)cc1NCc1cc(C)ccc1C. The van der Waals surface area contributed by atoms with Crippen LogP contribution in [-0.4, -0.2) is 6.61 Å². The van der Waals surface area contributed by atoms with Gasteiger partial charge in [-0.15, -0.1) is 0 Å². The summed E-state index contributed by atoms with van der Waals surface area (Å²) in [6, 6.07) is 12.2. The fourth-order valence-corrected chi connectivity index (χ4v) is 2.33. The number of aryl methyl sites for hydroxylation is 2. The summed E-state index contributed by atoms with van der Waals surface area (Å²) in [5.41, 5.74) is 4.78. The van der Waals surface area contributed by atoms with Gasteiger partial charge in [-0.25, -0.2) is 0 Å². The summed E-state index contributed by atoms with van der Waals surface area (Å²) >= 11 is 6.09. The zero-order chi connectivity index (χ0) is 15.2. The smallest absolute Gasteiger partial charge is 0.142 e. The predicted molar refractivity (Wildman–Crippen MR) is 90.5 cm³/mol. The highest BCUT2D eigenvalue weighted by Gasteiger charge is 2.06. The van der Waals surface area contributed by atoms with Crippen molar-refractivity contribution in [3.8, 4) is 5.75 Å². The molecule has 0 unspecified atom stereocenters. The summed E-state index contributed by atoms with van der Waals surface area (Å²) in [5, 5.41) is 4.15. The predicted octanol–water partition coefficient (Wildman–Crippen LogP) is 5.36. The van der Waals surface area contributed by atoms with E-state index in [0.29, 0.717) is 11.6 Å². The highest BCUT2D eigenvalue weighted by molar-refractivity contribution is 6.30. The third kappa shape index (κ3) is 4.40. The van der Waals surface area contributed by atoms with E-state index in [2.05, 4.69) is 44.3 Å². The molecule has 0 aliphatic carbocycles.